The Bertz CT molecular complexity index is 3270. The SMILES string of the molecule is C/C=C/C1CCC(C2CCC(CCC)CC2)CC1.C=CC1CCC(C2CCC(CCC)CC2)CC1.C=CC1CCC(c2ccc(-c3ccc(CCC)cc3)cc2)CC1.CCCC1CCC(C2CCC(CC)CC2)CC1.CCCC1CCC(c2ccc(-c3ccc(CC)cc3)cc2)CC1.CCCC1CCC(c2ccc(OC)cc2)CC1. The summed E-state index contributed by atoms with van der Waals surface area (Å²) in [6, 6.07) is 45.4. The molecular weight excluding hydrogens is 1390 g/mol. The summed E-state index contributed by atoms with van der Waals surface area (Å²) in [4.78, 5) is 0. The Morgan fingerprint density at radius 1 is 0.278 bits per heavy atom. The second-order valence-electron chi connectivity index (χ2n) is 39.4. The molecule has 638 valence electrons. The summed E-state index contributed by atoms with van der Waals surface area (Å²) in [7, 11) is 1.73. The van der Waals surface area contributed by atoms with E-state index in [1.807, 2.05) is 0 Å². The van der Waals surface area contributed by atoms with Crippen LogP contribution in [-0.2, 0) is 12.8 Å². The molecule has 9 aliphatic carbocycles. The topological polar surface area (TPSA) is 9.23 Å². The van der Waals surface area contributed by atoms with Crippen LogP contribution >= 0.6 is 0 Å². The highest BCUT2D eigenvalue weighted by atomic mass is 16.5. The van der Waals surface area contributed by atoms with Crippen molar-refractivity contribution in [2.24, 2.45) is 88.8 Å². The van der Waals surface area contributed by atoms with Crippen LogP contribution in [-0.4, -0.2) is 7.11 Å². The van der Waals surface area contributed by atoms with E-state index in [-0.39, 0.29) is 0 Å². The molecular formula is C114H176O. The van der Waals surface area contributed by atoms with Crippen LogP contribution in [0.25, 0.3) is 22.3 Å². The van der Waals surface area contributed by atoms with Crippen molar-refractivity contribution in [3.05, 3.63) is 187 Å². The minimum atomic E-state index is 0.743. The third kappa shape index (κ3) is 31.9. The molecule has 0 aromatic heterocycles. The number of rotatable bonds is 26. The van der Waals surface area contributed by atoms with Crippen molar-refractivity contribution in [2.75, 3.05) is 7.11 Å². The van der Waals surface area contributed by atoms with Crippen molar-refractivity contribution in [3.8, 4) is 28.0 Å². The van der Waals surface area contributed by atoms with Crippen LogP contribution in [0.1, 0.15) is 416 Å². The molecule has 14 rings (SSSR count). The highest BCUT2D eigenvalue weighted by Gasteiger charge is 2.34. The smallest absolute Gasteiger partial charge is 0.118 e. The van der Waals surface area contributed by atoms with Gasteiger partial charge in [0.2, 0.25) is 0 Å². The van der Waals surface area contributed by atoms with Crippen LogP contribution < -0.4 is 4.74 Å². The minimum Gasteiger partial charge on any atom is -0.497 e. The van der Waals surface area contributed by atoms with Crippen molar-refractivity contribution in [1.82, 2.24) is 0 Å². The van der Waals surface area contributed by atoms with Gasteiger partial charge in [0.25, 0.3) is 0 Å². The molecule has 9 fully saturated rings. The molecule has 9 saturated carbocycles. The van der Waals surface area contributed by atoms with E-state index in [4.69, 9.17) is 4.74 Å². The molecule has 115 heavy (non-hydrogen) atoms. The highest BCUT2D eigenvalue weighted by Crippen LogP contribution is 2.47. The lowest BCUT2D eigenvalue weighted by atomic mass is 9.68. The van der Waals surface area contributed by atoms with E-state index >= 15 is 0 Å². The van der Waals surface area contributed by atoms with Crippen LogP contribution in [0.3, 0.4) is 0 Å². The quantitative estimate of drug-likeness (QED) is 0.0502. The fourth-order valence-electron chi connectivity index (χ4n) is 24.0. The summed E-state index contributed by atoms with van der Waals surface area (Å²) in [5.41, 5.74) is 12.7. The number of allylic oxidation sites excluding steroid dienone is 4. The average Bonchev–Trinajstić information content (AvgIpc) is 0.836. The zero-order valence-electron chi connectivity index (χ0n) is 76.4. The molecule has 0 spiro atoms. The van der Waals surface area contributed by atoms with Gasteiger partial charge in [-0.3, -0.25) is 0 Å². The highest BCUT2D eigenvalue weighted by molar-refractivity contribution is 5.65. The molecule has 0 heterocycles. The van der Waals surface area contributed by atoms with E-state index in [9.17, 15) is 0 Å². The predicted molar refractivity (Wildman–Crippen MR) is 507 cm³/mol. The van der Waals surface area contributed by atoms with E-state index in [1.165, 1.54) is 308 Å². The Morgan fingerprint density at radius 3 is 0.800 bits per heavy atom. The Morgan fingerprint density at radius 2 is 0.530 bits per heavy atom. The Balaban J connectivity index is 0.000000159. The number of hydrogen-bond acceptors (Lipinski definition) is 1. The monoisotopic (exact) mass is 1560 g/mol. The first kappa shape index (κ1) is 94.0. The zero-order valence-corrected chi connectivity index (χ0v) is 76.4. The molecule has 0 amide bonds. The number of aryl methyl sites for hydroxylation is 2. The Labute approximate surface area is 711 Å². The van der Waals surface area contributed by atoms with Crippen molar-refractivity contribution in [1.29, 1.82) is 0 Å². The summed E-state index contributed by atoms with van der Waals surface area (Å²) in [5.74, 6) is 18.6. The molecule has 9 aliphatic rings. The Hall–Kier alpha value is -4.88. The molecule has 0 unspecified atom stereocenters. The first-order valence-corrected chi connectivity index (χ1v) is 50.3. The molecule has 1 nitrogen and oxygen atoms in total. The lowest BCUT2D eigenvalue weighted by molar-refractivity contribution is 0.142. The van der Waals surface area contributed by atoms with Gasteiger partial charge in [0, 0.05) is 0 Å². The summed E-state index contributed by atoms with van der Waals surface area (Å²) >= 11 is 0. The van der Waals surface area contributed by atoms with E-state index in [0.29, 0.717) is 0 Å². The molecule has 1 heteroatoms. The molecule has 0 atom stereocenters. The second kappa shape index (κ2) is 53.7. The lowest BCUT2D eigenvalue weighted by Crippen LogP contribution is -2.25. The van der Waals surface area contributed by atoms with Crippen molar-refractivity contribution < 1.29 is 4.74 Å². The van der Waals surface area contributed by atoms with E-state index in [2.05, 4.69) is 221 Å². The van der Waals surface area contributed by atoms with Crippen molar-refractivity contribution in [2.45, 2.75) is 401 Å². The molecule has 5 aromatic rings. The van der Waals surface area contributed by atoms with Gasteiger partial charge in [0.1, 0.15) is 5.75 Å². The third-order valence-corrected chi connectivity index (χ3v) is 31.7. The lowest BCUT2D eigenvalue weighted by Gasteiger charge is -2.37. The first-order valence-electron chi connectivity index (χ1n) is 50.3. The summed E-state index contributed by atoms with van der Waals surface area (Å²) < 4.78 is 5.21. The van der Waals surface area contributed by atoms with Gasteiger partial charge >= 0.3 is 0 Å². The van der Waals surface area contributed by atoms with Gasteiger partial charge in [0.05, 0.1) is 7.11 Å². The maximum absolute atomic E-state index is 5.21. The summed E-state index contributed by atoms with van der Waals surface area (Å²) in [6.07, 6.45) is 81.0. The number of hydrogen-bond donors (Lipinski definition) is 0. The van der Waals surface area contributed by atoms with E-state index < -0.39 is 0 Å². The zero-order chi connectivity index (χ0) is 81.2. The molecule has 0 saturated heterocycles. The molecule has 0 aliphatic heterocycles. The first-order chi connectivity index (χ1) is 56.4. The number of methoxy groups -OCH3 is 1. The van der Waals surface area contributed by atoms with Crippen LogP contribution in [0.4, 0.5) is 0 Å². The molecule has 0 N–H and O–H groups in total. The maximum atomic E-state index is 5.21. The van der Waals surface area contributed by atoms with Gasteiger partial charge < -0.3 is 4.74 Å². The normalized spacial score (nSPS) is 29.6. The Kier molecular flexibility index (Phi) is 43.9. The predicted octanol–water partition coefficient (Wildman–Crippen LogP) is 35.9. The second-order valence-corrected chi connectivity index (χ2v) is 39.4. The van der Waals surface area contributed by atoms with Gasteiger partial charge in [-0.2, -0.15) is 0 Å². The number of benzene rings is 5. The fourth-order valence-corrected chi connectivity index (χ4v) is 24.0. The summed E-state index contributed by atoms with van der Waals surface area (Å²) in [6.45, 7) is 28.5. The van der Waals surface area contributed by atoms with Crippen LogP contribution in [0, 0.1) is 88.8 Å². The standard InChI is InChI=1S/C23H30.C23H28.C18H32.C17H32.C17H30.C16H24O/c2*1-3-5-19-8-12-21(13-9-19)23-16-14-22(15-17-23)20-10-6-18(4-2)7-11-20;1-3-5-15-7-11-17(12-8-15)18-13-9-16(6-4-2)10-14-18;2*1-3-5-15-8-12-17(13-9-15)16-10-6-14(4-2)7-11-16;1-3-4-13-5-7-14(8-6-13)15-9-11-16(17-2)12-10-15/h6-7,10-11,14-17,19,21H,3-5,8-9,12-13H2,1-2H3;4,8-9,12-18,20H,2-3,5-7,10-11H2,1H3;3,5,15-18H,4,6-14H2,1-2H3;14-17H,3-13H2,1-2H3;4,14-17H,2-3,5-13H2,1H3;9-14H,3-8H2,1-2H3/b;;5-3+;;;. The average molecular weight is 1560 g/mol. The molecule has 0 radical (unpaired) electrons. The van der Waals surface area contributed by atoms with Gasteiger partial charge in [0.15, 0.2) is 0 Å². The summed E-state index contributed by atoms with van der Waals surface area (Å²) in [5, 5.41) is 0. The number of ether oxygens (including phenoxy) is 1. The van der Waals surface area contributed by atoms with Crippen LogP contribution in [0.2, 0.25) is 0 Å². The largest absolute Gasteiger partial charge is 0.497 e. The van der Waals surface area contributed by atoms with Gasteiger partial charge in [-0.05, 0) is 368 Å². The van der Waals surface area contributed by atoms with Gasteiger partial charge in [-0.1, -0.05) is 317 Å². The van der Waals surface area contributed by atoms with Crippen molar-refractivity contribution >= 4 is 0 Å². The van der Waals surface area contributed by atoms with Crippen LogP contribution in [0.15, 0.2) is 159 Å². The van der Waals surface area contributed by atoms with E-state index in [1.54, 1.807) is 64.0 Å². The van der Waals surface area contributed by atoms with Crippen molar-refractivity contribution in [3.63, 3.8) is 0 Å². The van der Waals surface area contributed by atoms with Gasteiger partial charge in [-0.25, -0.2) is 0 Å². The fraction of sp³-hybridized carbons (Fsp3) is 0.684. The van der Waals surface area contributed by atoms with E-state index in [0.717, 1.165) is 119 Å². The molecule has 0 bridgehead atoms. The third-order valence-electron chi connectivity index (χ3n) is 31.7. The maximum Gasteiger partial charge on any atom is 0.118 e. The molecule has 5 aromatic carbocycles. The minimum absolute atomic E-state index is 0.743. The van der Waals surface area contributed by atoms with Gasteiger partial charge in [-0.15, -0.1) is 13.2 Å². The van der Waals surface area contributed by atoms with Crippen LogP contribution in [0.5, 0.6) is 5.75 Å².